The Balaban J connectivity index is 1.25. The van der Waals surface area contributed by atoms with E-state index in [0.717, 1.165) is 29.4 Å². The highest BCUT2D eigenvalue weighted by atomic mass is 35.5. The van der Waals surface area contributed by atoms with Crippen molar-refractivity contribution in [1.82, 2.24) is 25.5 Å². The van der Waals surface area contributed by atoms with E-state index in [-0.39, 0.29) is 16.8 Å². The Bertz CT molecular complexity index is 1480. The van der Waals surface area contributed by atoms with Crippen LogP contribution in [0.4, 0.5) is 4.79 Å². The van der Waals surface area contributed by atoms with E-state index in [2.05, 4.69) is 27.4 Å². The first-order chi connectivity index (χ1) is 17.7. The Kier molecular flexibility index (Phi) is 7.06. The molecule has 3 aromatic rings. The summed E-state index contributed by atoms with van der Waals surface area (Å²) in [5, 5.41) is 5.99. The zero-order chi connectivity index (χ0) is 26.2. The molecule has 1 aromatic heterocycles. The number of benzene rings is 2. The van der Waals surface area contributed by atoms with Gasteiger partial charge in [0.15, 0.2) is 0 Å². The molecule has 3 amide bonds. The number of hydrogen-bond donors (Lipinski definition) is 3. The summed E-state index contributed by atoms with van der Waals surface area (Å²) in [5.41, 5.74) is 5.35. The van der Waals surface area contributed by atoms with Crippen molar-refractivity contribution < 1.29 is 18.0 Å². The topological polar surface area (TPSA) is 121 Å². The Morgan fingerprint density at radius 1 is 1.11 bits per heavy atom. The Hall–Kier alpha value is -3.21. The Morgan fingerprint density at radius 2 is 1.92 bits per heavy atom. The number of fused-ring (bicyclic) bond motifs is 2. The van der Waals surface area contributed by atoms with Gasteiger partial charge >= 0.3 is 6.03 Å². The molecule has 11 heteroatoms. The molecule has 2 unspecified atom stereocenters. The number of piperidine rings is 1. The first kappa shape index (κ1) is 25.4. The smallest absolute Gasteiger partial charge is 0.343 e. The SMILES string of the molecule is CC1CCCN(NC(=O)NS(=O)(=O)c2ccc3c(c2)CC(NC(=O)c2cc(Cl)cc4cccnc24)C3)C1. The predicted octanol–water partition coefficient (Wildman–Crippen LogP) is 3.42. The largest absolute Gasteiger partial charge is 0.349 e. The number of halogens is 1. The maximum atomic E-state index is 13.1. The number of pyridine rings is 1. The summed E-state index contributed by atoms with van der Waals surface area (Å²) in [6.45, 7) is 3.46. The molecule has 1 fully saturated rings. The van der Waals surface area contributed by atoms with Crippen molar-refractivity contribution in [1.29, 1.82) is 0 Å². The van der Waals surface area contributed by atoms with Crippen molar-refractivity contribution in [2.45, 2.75) is 43.5 Å². The monoisotopic (exact) mass is 541 g/mol. The van der Waals surface area contributed by atoms with Gasteiger partial charge in [0.2, 0.25) is 0 Å². The van der Waals surface area contributed by atoms with Crippen molar-refractivity contribution in [2.24, 2.45) is 5.92 Å². The minimum absolute atomic E-state index is 0.00502. The number of nitrogens with zero attached hydrogens (tertiary/aromatic N) is 2. The molecule has 0 bridgehead atoms. The van der Waals surface area contributed by atoms with Crippen LogP contribution in [0.1, 0.15) is 41.3 Å². The van der Waals surface area contributed by atoms with E-state index in [0.29, 0.717) is 48.0 Å². The molecular formula is C26H28ClN5O4S. The number of carbonyl (C=O) groups excluding carboxylic acids is 2. The normalized spacial score (nSPS) is 19.8. The van der Waals surface area contributed by atoms with Gasteiger partial charge in [-0.3, -0.25) is 15.2 Å². The number of hydrogen-bond acceptors (Lipinski definition) is 6. The maximum Gasteiger partial charge on any atom is 0.343 e. The average Bonchev–Trinajstić information content (AvgIpc) is 3.24. The third kappa shape index (κ3) is 5.71. The number of aromatic nitrogens is 1. The Labute approximate surface area is 220 Å². The van der Waals surface area contributed by atoms with Crippen LogP contribution in [0, 0.1) is 5.92 Å². The predicted molar refractivity (Wildman–Crippen MR) is 141 cm³/mol. The molecule has 1 aliphatic carbocycles. The van der Waals surface area contributed by atoms with Gasteiger partial charge in [-0.25, -0.2) is 22.9 Å². The number of sulfonamides is 1. The fourth-order valence-electron chi connectivity index (χ4n) is 5.09. The number of carbonyl (C=O) groups is 2. The zero-order valence-corrected chi connectivity index (χ0v) is 21.9. The van der Waals surface area contributed by atoms with E-state index in [1.807, 2.05) is 6.07 Å². The van der Waals surface area contributed by atoms with Crippen molar-refractivity contribution >= 4 is 44.5 Å². The molecule has 9 nitrogen and oxygen atoms in total. The fraction of sp³-hybridized carbons (Fsp3) is 0.346. The van der Waals surface area contributed by atoms with Gasteiger partial charge in [0, 0.05) is 35.7 Å². The van der Waals surface area contributed by atoms with Crippen LogP contribution in [0.25, 0.3) is 10.9 Å². The Morgan fingerprint density at radius 3 is 2.73 bits per heavy atom. The van der Waals surface area contributed by atoms with Crippen LogP contribution in [-0.4, -0.2) is 49.5 Å². The lowest BCUT2D eigenvalue weighted by atomic mass is 10.0. The molecule has 0 radical (unpaired) electrons. The van der Waals surface area contributed by atoms with Crippen molar-refractivity contribution in [3.8, 4) is 0 Å². The number of hydrazine groups is 1. The lowest BCUT2D eigenvalue weighted by molar-refractivity contribution is 0.0940. The molecule has 2 aromatic carbocycles. The molecule has 194 valence electrons. The number of rotatable bonds is 5. The molecule has 5 rings (SSSR count). The van der Waals surface area contributed by atoms with Crippen molar-refractivity contribution in [2.75, 3.05) is 13.1 Å². The van der Waals surface area contributed by atoms with Crippen LogP contribution in [0.2, 0.25) is 5.02 Å². The summed E-state index contributed by atoms with van der Waals surface area (Å²) < 4.78 is 27.8. The van der Waals surface area contributed by atoms with E-state index in [1.165, 1.54) is 6.07 Å². The second kappa shape index (κ2) is 10.3. The molecule has 2 heterocycles. The zero-order valence-electron chi connectivity index (χ0n) is 20.3. The first-order valence-corrected chi connectivity index (χ1v) is 14.1. The summed E-state index contributed by atoms with van der Waals surface area (Å²) in [6, 6.07) is 10.8. The third-order valence-corrected chi connectivity index (χ3v) is 8.36. The summed E-state index contributed by atoms with van der Waals surface area (Å²) >= 11 is 6.21. The van der Waals surface area contributed by atoms with Crippen LogP contribution in [0.3, 0.4) is 0 Å². The maximum absolute atomic E-state index is 13.1. The van der Waals surface area contributed by atoms with Crippen LogP contribution in [0.5, 0.6) is 0 Å². The molecule has 0 spiro atoms. The quantitative estimate of drug-likeness (QED) is 0.455. The van der Waals surface area contributed by atoms with Gasteiger partial charge in [0.1, 0.15) is 0 Å². The molecule has 2 atom stereocenters. The average molecular weight is 542 g/mol. The van der Waals surface area contributed by atoms with Gasteiger partial charge < -0.3 is 5.32 Å². The number of amides is 3. The van der Waals surface area contributed by atoms with Gasteiger partial charge in [-0.15, -0.1) is 0 Å². The lowest BCUT2D eigenvalue weighted by Gasteiger charge is -2.30. The van der Waals surface area contributed by atoms with Crippen molar-refractivity contribution in [3.63, 3.8) is 0 Å². The van der Waals surface area contributed by atoms with Gasteiger partial charge in [-0.2, -0.15) is 0 Å². The molecule has 3 N–H and O–H groups in total. The summed E-state index contributed by atoms with van der Waals surface area (Å²) in [4.78, 5) is 29.8. The van der Waals surface area contributed by atoms with Gasteiger partial charge in [-0.05, 0) is 73.1 Å². The highest BCUT2D eigenvalue weighted by Crippen LogP contribution is 2.27. The van der Waals surface area contributed by atoms with Crippen molar-refractivity contribution in [3.05, 3.63) is 70.4 Å². The van der Waals surface area contributed by atoms with E-state index in [1.54, 1.807) is 41.5 Å². The summed E-state index contributed by atoms with van der Waals surface area (Å²) in [7, 11) is -4.06. The minimum Gasteiger partial charge on any atom is -0.349 e. The minimum atomic E-state index is -4.06. The summed E-state index contributed by atoms with van der Waals surface area (Å²) in [6.07, 6.45) is 4.69. The fourth-order valence-corrected chi connectivity index (χ4v) is 6.27. The van der Waals surface area contributed by atoms with Gasteiger partial charge in [0.25, 0.3) is 15.9 Å². The van der Waals surface area contributed by atoms with Crippen LogP contribution in [-0.2, 0) is 22.9 Å². The van der Waals surface area contributed by atoms with E-state index in [4.69, 9.17) is 11.6 Å². The first-order valence-electron chi connectivity index (χ1n) is 12.2. The molecule has 37 heavy (non-hydrogen) atoms. The molecule has 1 saturated heterocycles. The van der Waals surface area contributed by atoms with Crippen LogP contribution >= 0.6 is 11.6 Å². The molecule has 0 saturated carbocycles. The van der Waals surface area contributed by atoms with Gasteiger partial charge in [-0.1, -0.05) is 30.7 Å². The second-order valence-corrected chi connectivity index (χ2v) is 11.9. The lowest BCUT2D eigenvalue weighted by Crippen LogP contribution is -2.51. The standard InChI is InChI=1S/C26H28ClN5O4S/c1-16-4-3-9-32(15-16)30-26(34)31-37(35,36)22-7-6-17-11-21(12-19(17)13-22)29-25(33)23-14-20(27)10-18-5-2-8-28-24(18)23/h2,5-8,10,13-14,16,21H,3-4,9,11-12,15H2,1H3,(H,29,33)(H2,30,31,34). The van der Waals surface area contributed by atoms with E-state index in [9.17, 15) is 18.0 Å². The summed E-state index contributed by atoms with van der Waals surface area (Å²) in [5.74, 6) is 0.145. The highest BCUT2D eigenvalue weighted by molar-refractivity contribution is 7.90. The number of nitrogens with one attached hydrogen (secondary N) is 3. The molecule has 1 aliphatic heterocycles. The highest BCUT2D eigenvalue weighted by Gasteiger charge is 2.27. The number of urea groups is 1. The molecular weight excluding hydrogens is 514 g/mol. The van der Waals surface area contributed by atoms with Gasteiger partial charge in [0.05, 0.1) is 16.0 Å². The van der Waals surface area contributed by atoms with E-state index >= 15 is 0 Å². The van der Waals surface area contributed by atoms with Crippen LogP contribution in [0.15, 0.2) is 53.6 Å². The van der Waals surface area contributed by atoms with E-state index < -0.39 is 16.1 Å². The molecule has 2 aliphatic rings. The van der Waals surface area contributed by atoms with Crippen LogP contribution < -0.4 is 15.5 Å². The second-order valence-electron chi connectivity index (χ2n) is 9.78. The third-order valence-electron chi connectivity index (χ3n) is 6.81.